The lowest BCUT2D eigenvalue weighted by Gasteiger charge is -2.35. The van der Waals surface area contributed by atoms with Gasteiger partial charge in [0, 0.05) is 23.7 Å². The molecular weight excluding hydrogens is 323 g/mol. The quantitative estimate of drug-likeness (QED) is 0.859. The minimum absolute atomic E-state index is 0.232. The Hall–Kier alpha value is -0.520. The first kappa shape index (κ1) is 15.9. The number of hydrogen-bond acceptors (Lipinski definition) is 3. The molecule has 1 aliphatic heterocycles. The minimum Gasteiger partial charge on any atom is -0.379 e. The van der Waals surface area contributed by atoms with Crippen molar-refractivity contribution in [3.05, 3.63) is 34.9 Å². The minimum atomic E-state index is -0.718. The molecule has 110 valence electrons. The van der Waals surface area contributed by atoms with Gasteiger partial charge in [-0.2, -0.15) is 0 Å². The van der Waals surface area contributed by atoms with Gasteiger partial charge >= 0.3 is 0 Å². The molecule has 0 radical (unpaired) electrons. The number of ether oxygens (including phenoxy) is 1. The summed E-state index contributed by atoms with van der Waals surface area (Å²) >= 11 is 17.8. The molecule has 1 aromatic carbocycles. The average Bonchev–Trinajstić information content (AvgIpc) is 2.46. The van der Waals surface area contributed by atoms with Crippen LogP contribution in [0.25, 0.3) is 0 Å². The number of benzene rings is 1. The van der Waals surface area contributed by atoms with Crippen LogP contribution in [0.4, 0.5) is 0 Å². The molecule has 7 heteroatoms. The number of carbonyl (C=O) groups is 1. The third kappa shape index (κ3) is 4.24. The highest BCUT2D eigenvalue weighted by Gasteiger charge is 2.28. The summed E-state index contributed by atoms with van der Waals surface area (Å²) in [5.74, 6) is -0.232. The molecule has 1 saturated heterocycles. The molecule has 0 aromatic heterocycles. The largest absolute Gasteiger partial charge is 0.379 e. The van der Waals surface area contributed by atoms with Gasteiger partial charge in [-0.15, -0.1) is 23.2 Å². The van der Waals surface area contributed by atoms with Gasteiger partial charge in [-0.1, -0.05) is 11.6 Å². The van der Waals surface area contributed by atoms with Crippen molar-refractivity contribution in [2.24, 2.45) is 0 Å². The van der Waals surface area contributed by atoms with E-state index in [1.165, 1.54) is 0 Å². The molecule has 1 fully saturated rings. The number of alkyl halides is 2. The standard InChI is InChI=1S/C13H15Cl3N2O2/c14-10-3-1-9(2-4-10)13(19)17-12(11(15)16)18-5-7-20-8-6-18/h1-4,11-12H,5-8H2,(H,17,19)/t12-/m0/s1. The lowest BCUT2D eigenvalue weighted by atomic mass is 10.2. The molecule has 1 heterocycles. The highest BCUT2D eigenvalue weighted by Crippen LogP contribution is 2.16. The van der Waals surface area contributed by atoms with E-state index in [9.17, 15) is 4.79 Å². The zero-order valence-corrected chi connectivity index (χ0v) is 13.0. The van der Waals surface area contributed by atoms with E-state index in [1.807, 2.05) is 4.90 Å². The third-order valence-electron chi connectivity index (χ3n) is 3.06. The van der Waals surface area contributed by atoms with Crippen molar-refractivity contribution in [2.75, 3.05) is 26.3 Å². The first-order chi connectivity index (χ1) is 9.58. The predicted octanol–water partition coefficient (Wildman–Crippen LogP) is 2.53. The Balaban J connectivity index is 2.03. The monoisotopic (exact) mass is 336 g/mol. The maximum absolute atomic E-state index is 12.2. The summed E-state index contributed by atoms with van der Waals surface area (Å²) in [4.78, 5) is 13.5. The van der Waals surface area contributed by atoms with Crippen molar-refractivity contribution in [2.45, 2.75) is 11.0 Å². The maximum atomic E-state index is 12.2. The van der Waals surface area contributed by atoms with Crippen LogP contribution in [-0.2, 0) is 4.74 Å². The Morgan fingerprint density at radius 1 is 1.20 bits per heavy atom. The molecule has 0 saturated carbocycles. The van der Waals surface area contributed by atoms with Crippen LogP contribution in [0.1, 0.15) is 10.4 Å². The van der Waals surface area contributed by atoms with Crippen molar-refractivity contribution in [3.8, 4) is 0 Å². The Kier molecular flexibility index (Phi) is 5.93. The zero-order chi connectivity index (χ0) is 14.5. The van der Waals surface area contributed by atoms with E-state index in [0.29, 0.717) is 36.9 Å². The second-order valence-electron chi connectivity index (χ2n) is 4.41. The highest BCUT2D eigenvalue weighted by molar-refractivity contribution is 6.44. The van der Waals surface area contributed by atoms with Gasteiger partial charge in [-0.3, -0.25) is 9.69 Å². The lowest BCUT2D eigenvalue weighted by molar-refractivity contribution is 0.0121. The van der Waals surface area contributed by atoms with Crippen LogP contribution in [-0.4, -0.2) is 48.1 Å². The van der Waals surface area contributed by atoms with Gasteiger partial charge in [0.05, 0.1) is 13.2 Å². The molecular formula is C13H15Cl3N2O2. The van der Waals surface area contributed by atoms with Gasteiger partial charge in [0.25, 0.3) is 5.91 Å². The SMILES string of the molecule is O=C(N[C@H](C(Cl)Cl)N1CCOCC1)c1ccc(Cl)cc1. The second kappa shape index (κ2) is 7.48. The molecule has 20 heavy (non-hydrogen) atoms. The number of amides is 1. The molecule has 1 aliphatic rings. The van der Waals surface area contributed by atoms with Crippen LogP contribution in [0.2, 0.25) is 5.02 Å². The first-order valence-corrected chi connectivity index (χ1v) is 7.49. The number of hydrogen-bond donors (Lipinski definition) is 1. The molecule has 1 atom stereocenters. The third-order valence-corrected chi connectivity index (χ3v) is 3.79. The van der Waals surface area contributed by atoms with E-state index in [-0.39, 0.29) is 5.91 Å². The first-order valence-electron chi connectivity index (χ1n) is 6.24. The topological polar surface area (TPSA) is 41.6 Å². The summed E-state index contributed by atoms with van der Waals surface area (Å²) in [6, 6.07) is 6.65. The van der Waals surface area contributed by atoms with Crippen LogP contribution in [0, 0.1) is 0 Å². The van der Waals surface area contributed by atoms with Gasteiger partial charge in [0.15, 0.2) is 0 Å². The molecule has 2 rings (SSSR count). The summed E-state index contributed by atoms with van der Waals surface area (Å²) in [5, 5.41) is 3.43. The molecule has 0 spiro atoms. The molecule has 0 unspecified atom stereocenters. The fourth-order valence-electron chi connectivity index (χ4n) is 1.99. The molecule has 4 nitrogen and oxygen atoms in total. The molecule has 1 aromatic rings. The lowest BCUT2D eigenvalue weighted by Crippen LogP contribution is -2.55. The maximum Gasteiger partial charge on any atom is 0.252 e. The van der Waals surface area contributed by atoms with E-state index in [1.54, 1.807) is 24.3 Å². The van der Waals surface area contributed by atoms with Crippen molar-refractivity contribution in [1.29, 1.82) is 0 Å². The Labute approximate surface area is 132 Å². The number of halogens is 3. The highest BCUT2D eigenvalue weighted by atomic mass is 35.5. The second-order valence-corrected chi connectivity index (χ2v) is 6.01. The summed E-state index contributed by atoms with van der Waals surface area (Å²) in [5.41, 5.74) is 0.515. The van der Waals surface area contributed by atoms with Crippen molar-refractivity contribution < 1.29 is 9.53 Å². The molecule has 1 N–H and O–H groups in total. The van der Waals surface area contributed by atoms with Gasteiger partial charge in [-0.05, 0) is 24.3 Å². The van der Waals surface area contributed by atoms with E-state index in [4.69, 9.17) is 39.5 Å². The number of nitrogens with one attached hydrogen (secondary N) is 1. The normalized spacial score (nSPS) is 18.0. The van der Waals surface area contributed by atoms with E-state index in [0.717, 1.165) is 0 Å². The van der Waals surface area contributed by atoms with Gasteiger partial charge < -0.3 is 10.1 Å². The Morgan fingerprint density at radius 2 is 1.80 bits per heavy atom. The number of nitrogens with zero attached hydrogens (tertiary/aromatic N) is 1. The van der Waals surface area contributed by atoms with E-state index in [2.05, 4.69) is 5.32 Å². The van der Waals surface area contributed by atoms with Crippen LogP contribution in [0.15, 0.2) is 24.3 Å². The number of morpholine rings is 1. The van der Waals surface area contributed by atoms with E-state index >= 15 is 0 Å². The van der Waals surface area contributed by atoms with Crippen molar-refractivity contribution in [3.63, 3.8) is 0 Å². The summed E-state index contributed by atoms with van der Waals surface area (Å²) in [6.07, 6.45) is -0.439. The smallest absolute Gasteiger partial charge is 0.252 e. The van der Waals surface area contributed by atoms with Crippen molar-refractivity contribution >= 4 is 40.7 Å². The van der Waals surface area contributed by atoms with Crippen molar-refractivity contribution in [1.82, 2.24) is 10.2 Å². The van der Waals surface area contributed by atoms with Gasteiger partial charge in [0.2, 0.25) is 0 Å². The summed E-state index contributed by atoms with van der Waals surface area (Å²) in [7, 11) is 0. The van der Waals surface area contributed by atoms with Gasteiger partial charge in [-0.25, -0.2) is 0 Å². The average molecular weight is 338 g/mol. The zero-order valence-electron chi connectivity index (χ0n) is 10.7. The fraction of sp³-hybridized carbons (Fsp3) is 0.462. The Bertz CT molecular complexity index is 447. The van der Waals surface area contributed by atoms with Crippen LogP contribution in [0.5, 0.6) is 0 Å². The van der Waals surface area contributed by atoms with Crippen LogP contribution < -0.4 is 5.32 Å². The molecule has 0 aliphatic carbocycles. The fourth-order valence-corrected chi connectivity index (χ4v) is 2.56. The number of rotatable bonds is 4. The Morgan fingerprint density at radius 3 is 2.35 bits per heavy atom. The van der Waals surface area contributed by atoms with Crippen LogP contribution in [0.3, 0.4) is 0 Å². The number of carbonyl (C=O) groups excluding carboxylic acids is 1. The van der Waals surface area contributed by atoms with E-state index < -0.39 is 11.0 Å². The van der Waals surface area contributed by atoms with Gasteiger partial charge in [0.1, 0.15) is 11.0 Å². The predicted molar refractivity (Wildman–Crippen MR) is 80.6 cm³/mol. The van der Waals surface area contributed by atoms with Crippen LogP contribution >= 0.6 is 34.8 Å². The molecule has 0 bridgehead atoms. The summed E-state index contributed by atoms with van der Waals surface area (Å²) in [6.45, 7) is 2.57. The summed E-state index contributed by atoms with van der Waals surface area (Å²) < 4.78 is 5.28. The molecule has 1 amide bonds.